The molecular weight excluding hydrogens is 404 g/mol. The molecular formula is C31H50O2. The van der Waals surface area contributed by atoms with Gasteiger partial charge in [0.15, 0.2) is 0 Å². The molecule has 2 nitrogen and oxygen atoms in total. The van der Waals surface area contributed by atoms with Crippen molar-refractivity contribution in [3.05, 3.63) is 23.8 Å². The molecule has 186 valence electrons. The third kappa shape index (κ3) is 4.50. The number of rotatable bonds is 6. The zero-order valence-corrected chi connectivity index (χ0v) is 22.5. The molecule has 9 atom stereocenters. The summed E-state index contributed by atoms with van der Waals surface area (Å²) >= 11 is 0. The highest BCUT2D eigenvalue weighted by Crippen LogP contribution is 2.67. The summed E-state index contributed by atoms with van der Waals surface area (Å²) in [5.41, 5.74) is 2.44. The van der Waals surface area contributed by atoms with E-state index in [4.69, 9.17) is 4.74 Å². The van der Waals surface area contributed by atoms with Gasteiger partial charge in [0.1, 0.15) is 6.10 Å². The van der Waals surface area contributed by atoms with Crippen molar-refractivity contribution >= 4 is 5.97 Å². The summed E-state index contributed by atoms with van der Waals surface area (Å²) in [7, 11) is 0. The molecule has 0 amide bonds. The van der Waals surface area contributed by atoms with E-state index in [9.17, 15) is 4.79 Å². The molecule has 0 aromatic carbocycles. The Morgan fingerprint density at radius 1 is 1.09 bits per heavy atom. The summed E-state index contributed by atoms with van der Waals surface area (Å²) in [4.78, 5) is 11.5. The monoisotopic (exact) mass is 454 g/mol. The SMILES string of the molecule is CCC(/C=C/C(C)C1CCC2C3CC=C4CC(OC(C)=O)CCC4(C)C3CCC12C)C(C)C. The van der Waals surface area contributed by atoms with Crippen LogP contribution >= 0.6 is 0 Å². The quantitative estimate of drug-likeness (QED) is 0.297. The highest BCUT2D eigenvalue weighted by atomic mass is 16.5. The molecule has 0 radical (unpaired) electrons. The van der Waals surface area contributed by atoms with Crippen LogP contribution in [0.5, 0.6) is 0 Å². The van der Waals surface area contributed by atoms with Crippen LogP contribution in [0.3, 0.4) is 0 Å². The van der Waals surface area contributed by atoms with Crippen molar-refractivity contribution in [1.82, 2.24) is 0 Å². The van der Waals surface area contributed by atoms with Gasteiger partial charge in [0.2, 0.25) is 0 Å². The number of carbonyl (C=O) groups is 1. The Kier molecular flexibility index (Phi) is 7.24. The molecule has 0 aliphatic heterocycles. The normalized spacial score (nSPS) is 42.3. The van der Waals surface area contributed by atoms with E-state index in [2.05, 4.69) is 59.8 Å². The zero-order valence-electron chi connectivity index (χ0n) is 22.5. The van der Waals surface area contributed by atoms with Gasteiger partial charge < -0.3 is 4.74 Å². The maximum Gasteiger partial charge on any atom is 0.302 e. The average Bonchev–Trinajstić information content (AvgIpc) is 3.11. The molecule has 0 bridgehead atoms. The maximum atomic E-state index is 11.5. The van der Waals surface area contributed by atoms with E-state index in [1.165, 1.54) is 44.9 Å². The van der Waals surface area contributed by atoms with E-state index < -0.39 is 0 Å². The third-order valence-electron chi connectivity index (χ3n) is 11.1. The van der Waals surface area contributed by atoms with E-state index in [1.54, 1.807) is 12.5 Å². The van der Waals surface area contributed by atoms with Gasteiger partial charge in [-0.3, -0.25) is 4.79 Å². The van der Waals surface area contributed by atoms with Crippen LogP contribution in [0.2, 0.25) is 0 Å². The van der Waals surface area contributed by atoms with Gasteiger partial charge in [-0.15, -0.1) is 0 Å². The maximum absolute atomic E-state index is 11.5. The predicted molar refractivity (Wildman–Crippen MR) is 138 cm³/mol. The van der Waals surface area contributed by atoms with Crippen molar-refractivity contribution in [2.75, 3.05) is 0 Å². The molecule has 4 rings (SSSR count). The topological polar surface area (TPSA) is 26.3 Å². The fourth-order valence-electron chi connectivity index (χ4n) is 9.15. The lowest BCUT2D eigenvalue weighted by molar-refractivity contribution is -0.148. The summed E-state index contributed by atoms with van der Waals surface area (Å²) < 4.78 is 5.62. The molecule has 0 spiro atoms. The Hall–Kier alpha value is -1.05. The number of esters is 1. The fraction of sp³-hybridized carbons (Fsp3) is 0.839. The second-order valence-electron chi connectivity index (χ2n) is 13.0. The average molecular weight is 455 g/mol. The molecule has 0 aromatic heterocycles. The number of carbonyl (C=O) groups excluding carboxylic acids is 1. The highest BCUT2D eigenvalue weighted by molar-refractivity contribution is 5.66. The van der Waals surface area contributed by atoms with Gasteiger partial charge in [0, 0.05) is 13.3 Å². The lowest BCUT2D eigenvalue weighted by Gasteiger charge is -2.58. The second kappa shape index (κ2) is 9.54. The van der Waals surface area contributed by atoms with Crippen LogP contribution in [-0.2, 0) is 9.53 Å². The third-order valence-corrected chi connectivity index (χ3v) is 11.1. The van der Waals surface area contributed by atoms with Gasteiger partial charge in [0.25, 0.3) is 0 Å². The van der Waals surface area contributed by atoms with E-state index in [0.29, 0.717) is 16.7 Å². The largest absolute Gasteiger partial charge is 0.462 e. The van der Waals surface area contributed by atoms with Crippen LogP contribution < -0.4 is 0 Å². The summed E-state index contributed by atoms with van der Waals surface area (Å²) in [6.45, 7) is 16.3. The Morgan fingerprint density at radius 3 is 2.52 bits per heavy atom. The van der Waals surface area contributed by atoms with E-state index in [1.807, 2.05) is 0 Å². The highest BCUT2D eigenvalue weighted by Gasteiger charge is 2.59. The summed E-state index contributed by atoms with van der Waals surface area (Å²) in [6, 6.07) is 0. The number of fused-ring (bicyclic) bond motifs is 5. The van der Waals surface area contributed by atoms with Crippen LogP contribution in [-0.4, -0.2) is 12.1 Å². The van der Waals surface area contributed by atoms with Crippen LogP contribution in [0, 0.1) is 52.3 Å². The number of ether oxygens (including phenoxy) is 1. The van der Waals surface area contributed by atoms with Gasteiger partial charge in [-0.25, -0.2) is 0 Å². The molecule has 4 aliphatic rings. The molecule has 3 saturated carbocycles. The zero-order chi connectivity index (χ0) is 24.0. The Labute approximate surface area is 204 Å². The first-order valence-corrected chi connectivity index (χ1v) is 14.1. The minimum absolute atomic E-state index is 0.105. The van der Waals surface area contributed by atoms with Crippen molar-refractivity contribution in [3.8, 4) is 0 Å². The van der Waals surface area contributed by atoms with Gasteiger partial charge in [0.05, 0.1) is 0 Å². The number of allylic oxidation sites excluding steroid dienone is 3. The first kappa shape index (κ1) is 25.1. The van der Waals surface area contributed by atoms with Gasteiger partial charge >= 0.3 is 5.97 Å². The number of hydrogen-bond donors (Lipinski definition) is 0. The molecule has 3 fully saturated rings. The molecule has 9 unspecified atom stereocenters. The Bertz CT molecular complexity index is 778. The second-order valence-corrected chi connectivity index (χ2v) is 13.0. The van der Waals surface area contributed by atoms with Crippen molar-refractivity contribution in [2.24, 2.45) is 52.3 Å². The Morgan fingerprint density at radius 2 is 1.85 bits per heavy atom. The number of hydrogen-bond acceptors (Lipinski definition) is 2. The van der Waals surface area contributed by atoms with Gasteiger partial charge in [-0.2, -0.15) is 0 Å². The molecule has 0 saturated heterocycles. The summed E-state index contributed by atoms with van der Waals surface area (Å²) in [5, 5.41) is 0. The first-order valence-electron chi connectivity index (χ1n) is 14.1. The fourth-order valence-corrected chi connectivity index (χ4v) is 9.15. The minimum Gasteiger partial charge on any atom is -0.462 e. The van der Waals surface area contributed by atoms with Crippen molar-refractivity contribution < 1.29 is 9.53 Å². The smallest absolute Gasteiger partial charge is 0.302 e. The van der Waals surface area contributed by atoms with Crippen LogP contribution in [0.4, 0.5) is 0 Å². The van der Waals surface area contributed by atoms with E-state index >= 15 is 0 Å². The van der Waals surface area contributed by atoms with E-state index in [0.717, 1.165) is 48.3 Å². The summed E-state index contributed by atoms with van der Waals surface area (Å²) in [5.74, 6) is 5.41. The molecule has 33 heavy (non-hydrogen) atoms. The summed E-state index contributed by atoms with van der Waals surface area (Å²) in [6.07, 6.45) is 19.2. The van der Waals surface area contributed by atoms with Crippen molar-refractivity contribution in [1.29, 1.82) is 0 Å². The molecule has 0 aromatic rings. The minimum atomic E-state index is -0.120. The predicted octanol–water partition coefficient (Wildman–Crippen LogP) is 8.37. The van der Waals surface area contributed by atoms with Gasteiger partial charge in [-0.05, 0) is 104 Å². The lowest BCUT2D eigenvalue weighted by atomic mass is 9.47. The standard InChI is InChI=1S/C31H50O2/c1-8-23(20(2)3)10-9-21(4)27-13-14-28-26-12-11-24-19-25(33-22(5)32)15-17-30(24,6)29(26)16-18-31(27,28)7/h9-11,20-21,23,25-29H,8,12-19H2,1-7H3/b10-9+. The molecule has 4 aliphatic carbocycles. The Balaban J connectivity index is 1.49. The molecule has 0 heterocycles. The molecule has 2 heteroatoms. The van der Waals surface area contributed by atoms with E-state index in [-0.39, 0.29) is 12.1 Å². The molecule has 0 N–H and O–H groups in total. The van der Waals surface area contributed by atoms with Crippen molar-refractivity contribution in [2.45, 2.75) is 112 Å². The lowest BCUT2D eigenvalue weighted by Crippen LogP contribution is -2.51. The van der Waals surface area contributed by atoms with Gasteiger partial charge in [-0.1, -0.05) is 65.3 Å². The van der Waals surface area contributed by atoms with Crippen LogP contribution in [0.15, 0.2) is 23.8 Å². The first-order chi connectivity index (χ1) is 15.6. The van der Waals surface area contributed by atoms with Crippen LogP contribution in [0.1, 0.15) is 106 Å². The van der Waals surface area contributed by atoms with Crippen LogP contribution in [0.25, 0.3) is 0 Å². The van der Waals surface area contributed by atoms with Crippen molar-refractivity contribution in [3.63, 3.8) is 0 Å².